The molecule has 0 saturated carbocycles. The lowest BCUT2D eigenvalue weighted by Crippen LogP contribution is -2.54. The highest BCUT2D eigenvalue weighted by atomic mass is 32.2. The first-order valence-electron chi connectivity index (χ1n) is 5.82. The number of amides is 1. The molecule has 0 aromatic carbocycles. The predicted octanol–water partition coefficient (Wildman–Crippen LogP) is -1.79. The first-order valence-corrected chi connectivity index (χ1v) is 7.65. The van der Waals surface area contributed by atoms with Crippen molar-refractivity contribution in [2.45, 2.75) is 12.5 Å². The second-order valence-electron chi connectivity index (χ2n) is 4.82. The number of nitrogens with zero attached hydrogens (tertiary/aromatic N) is 1. The molecule has 1 atom stereocenters. The summed E-state index contributed by atoms with van der Waals surface area (Å²) in [6.07, 6.45) is 0.234. The van der Waals surface area contributed by atoms with Crippen molar-refractivity contribution in [3.05, 3.63) is 0 Å². The van der Waals surface area contributed by atoms with Crippen LogP contribution in [0, 0.1) is 5.92 Å². The largest absolute Gasteiger partial charge is 0.396 e. The Bertz CT molecular complexity index is 389. The van der Waals surface area contributed by atoms with Crippen LogP contribution in [0.5, 0.6) is 0 Å². The molecule has 6 nitrogen and oxygen atoms in total. The van der Waals surface area contributed by atoms with Crippen LogP contribution in [0.25, 0.3) is 0 Å². The highest BCUT2D eigenvalue weighted by Gasteiger charge is 2.33. The Kier molecular flexibility index (Phi) is 3.70. The molecule has 1 unspecified atom stereocenters. The molecular weight excluding hydrogens is 244 g/mol. The van der Waals surface area contributed by atoms with E-state index in [4.69, 9.17) is 5.11 Å². The minimum Gasteiger partial charge on any atom is -0.396 e. The van der Waals surface area contributed by atoms with Crippen molar-refractivity contribution in [1.82, 2.24) is 10.2 Å². The molecule has 17 heavy (non-hydrogen) atoms. The van der Waals surface area contributed by atoms with Gasteiger partial charge in [0.2, 0.25) is 5.91 Å². The van der Waals surface area contributed by atoms with E-state index in [9.17, 15) is 13.2 Å². The number of likely N-dealkylation sites (tertiary alicyclic amines) is 1. The number of nitrogens with one attached hydrogen (secondary N) is 1. The summed E-state index contributed by atoms with van der Waals surface area (Å²) >= 11 is 0. The maximum absolute atomic E-state index is 11.8. The van der Waals surface area contributed by atoms with Crippen LogP contribution in [0.4, 0.5) is 0 Å². The molecule has 0 bridgehead atoms. The van der Waals surface area contributed by atoms with Gasteiger partial charge in [-0.05, 0) is 0 Å². The number of aliphatic hydroxyl groups is 1. The summed E-state index contributed by atoms with van der Waals surface area (Å²) in [6, 6.07) is -0.255. The molecule has 2 rings (SSSR count). The Morgan fingerprint density at radius 1 is 1.41 bits per heavy atom. The normalized spacial score (nSPS) is 28.8. The van der Waals surface area contributed by atoms with Gasteiger partial charge in [-0.2, -0.15) is 0 Å². The Morgan fingerprint density at radius 2 is 2.12 bits per heavy atom. The summed E-state index contributed by atoms with van der Waals surface area (Å²) < 4.78 is 22.8. The van der Waals surface area contributed by atoms with E-state index in [0.717, 1.165) is 0 Å². The second kappa shape index (κ2) is 4.91. The lowest BCUT2D eigenvalue weighted by molar-refractivity contribution is -0.138. The number of hydrogen-bond acceptors (Lipinski definition) is 5. The molecular formula is C10H18N2O4S. The van der Waals surface area contributed by atoms with E-state index in [1.54, 1.807) is 4.90 Å². The van der Waals surface area contributed by atoms with E-state index in [1.807, 2.05) is 0 Å². The predicted molar refractivity (Wildman–Crippen MR) is 62.2 cm³/mol. The minimum atomic E-state index is -2.98. The zero-order valence-electron chi connectivity index (χ0n) is 9.63. The van der Waals surface area contributed by atoms with E-state index in [2.05, 4.69) is 5.32 Å². The van der Waals surface area contributed by atoms with Crippen molar-refractivity contribution >= 4 is 15.7 Å². The lowest BCUT2D eigenvalue weighted by Gasteiger charge is -2.39. The van der Waals surface area contributed by atoms with Crippen LogP contribution in [0.15, 0.2) is 0 Å². The molecule has 0 aromatic heterocycles. The van der Waals surface area contributed by atoms with Crippen LogP contribution in [0.1, 0.15) is 6.42 Å². The molecule has 2 N–H and O–H groups in total. The van der Waals surface area contributed by atoms with Gasteiger partial charge in [-0.25, -0.2) is 8.42 Å². The standard InChI is InChI=1S/C10H18N2O4S/c13-6-8-4-12(5-8)10(14)3-9-7-17(15,16)2-1-11-9/h8-9,11,13H,1-7H2. The molecule has 1 amide bonds. The molecule has 2 heterocycles. The van der Waals surface area contributed by atoms with Gasteiger partial charge in [-0.3, -0.25) is 4.79 Å². The van der Waals surface area contributed by atoms with Gasteiger partial charge in [0.05, 0.1) is 11.5 Å². The highest BCUT2D eigenvalue weighted by Crippen LogP contribution is 2.17. The third-order valence-electron chi connectivity index (χ3n) is 3.29. The Hall–Kier alpha value is -0.660. The number of hydrogen-bond donors (Lipinski definition) is 2. The van der Waals surface area contributed by atoms with Gasteiger partial charge in [0.25, 0.3) is 0 Å². The van der Waals surface area contributed by atoms with Crippen molar-refractivity contribution in [1.29, 1.82) is 0 Å². The summed E-state index contributed by atoms with van der Waals surface area (Å²) in [5.41, 5.74) is 0. The number of sulfone groups is 1. The first kappa shape index (κ1) is 12.8. The maximum Gasteiger partial charge on any atom is 0.224 e. The van der Waals surface area contributed by atoms with E-state index < -0.39 is 9.84 Å². The van der Waals surface area contributed by atoms with Gasteiger partial charge < -0.3 is 15.3 Å². The zero-order chi connectivity index (χ0) is 12.5. The number of aliphatic hydroxyl groups excluding tert-OH is 1. The van der Waals surface area contributed by atoms with Gasteiger partial charge >= 0.3 is 0 Å². The minimum absolute atomic E-state index is 0.0238. The monoisotopic (exact) mass is 262 g/mol. The summed E-state index contributed by atoms with van der Waals surface area (Å²) in [5.74, 6) is 0.385. The fraction of sp³-hybridized carbons (Fsp3) is 0.900. The third-order valence-corrected chi connectivity index (χ3v) is 5.03. The highest BCUT2D eigenvalue weighted by molar-refractivity contribution is 7.91. The van der Waals surface area contributed by atoms with E-state index >= 15 is 0 Å². The molecule has 0 aromatic rings. The molecule has 0 radical (unpaired) electrons. The summed E-state index contributed by atoms with van der Waals surface area (Å²) in [6.45, 7) is 1.73. The van der Waals surface area contributed by atoms with Gasteiger partial charge in [-0.1, -0.05) is 0 Å². The van der Waals surface area contributed by atoms with E-state index in [1.165, 1.54) is 0 Å². The molecule has 98 valence electrons. The quantitative estimate of drug-likeness (QED) is 0.627. The molecule has 2 fully saturated rings. The van der Waals surface area contributed by atoms with Crippen LogP contribution >= 0.6 is 0 Å². The summed E-state index contributed by atoms with van der Waals surface area (Å²) in [4.78, 5) is 13.4. The first-order chi connectivity index (χ1) is 8.00. The molecule has 0 aliphatic carbocycles. The van der Waals surface area contributed by atoms with Gasteiger partial charge in [0.15, 0.2) is 9.84 Å². The van der Waals surface area contributed by atoms with Crippen molar-refractivity contribution in [2.75, 3.05) is 37.7 Å². The maximum atomic E-state index is 11.8. The summed E-state index contributed by atoms with van der Waals surface area (Å²) in [5, 5.41) is 11.9. The molecule has 2 saturated heterocycles. The second-order valence-corrected chi connectivity index (χ2v) is 7.05. The van der Waals surface area contributed by atoms with E-state index in [0.29, 0.717) is 19.6 Å². The molecule has 2 aliphatic rings. The average molecular weight is 262 g/mol. The van der Waals surface area contributed by atoms with Crippen LogP contribution < -0.4 is 5.32 Å². The SMILES string of the molecule is O=C(CC1CS(=O)(=O)CCN1)N1CC(CO)C1. The number of rotatable bonds is 3. The third kappa shape index (κ3) is 3.17. The fourth-order valence-electron chi connectivity index (χ4n) is 2.23. The Morgan fingerprint density at radius 3 is 2.71 bits per heavy atom. The van der Waals surface area contributed by atoms with Crippen molar-refractivity contribution in [3.63, 3.8) is 0 Å². The lowest BCUT2D eigenvalue weighted by atomic mass is 10.0. The topological polar surface area (TPSA) is 86.7 Å². The molecule has 7 heteroatoms. The molecule has 0 spiro atoms. The smallest absolute Gasteiger partial charge is 0.224 e. The van der Waals surface area contributed by atoms with Crippen LogP contribution in [-0.2, 0) is 14.6 Å². The van der Waals surface area contributed by atoms with Crippen molar-refractivity contribution in [2.24, 2.45) is 5.92 Å². The van der Waals surface area contributed by atoms with Crippen molar-refractivity contribution in [3.8, 4) is 0 Å². The number of carbonyl (C=O) groups excluding carboxylic acids is 1. The zero-order valence-corrected chi connectivity index (χ0v) is 10.4. The van der Waals surface area contributed by atoms with Gasteiger partial charge in [-0.15, -0.1) is 0 Å². The van der Waals surface area contributed by atoms with E-state index in [-0.39, 0.29) is 42.4 Å². The van der Waals surface area contributed by atoms with Crippen LogP contribution in [0.3, 0.4) is 0 Å². The van der Waals surface area contributed by atoms with Crippen LogP contribution in [-0.4, -0.2) is 68.1 Å². The molecule has 2 aliphatic heterocycles. The summed E-state index contributed by atoms with van der Waals surface area (Å²) in [7, 11) is -2.98. The van der Waals surface area contributed by atoms with Crippen LogP contribution in [0.2, 0.25) is 0 Å². The van der Waals surface area contributed by atoms with Crippen molar-refractivity contribution < 1.29 is 18.3 Å². The van der Waals surface area contributed by atoms with Gasteiger partial charge in [0.1, 0.15) is 0 Å². The Labute approximate surface area is 101 Å². The van der Waals surface area contributed by atoms with Gasteiger partial charge in [0, 0.05) is 44.6 Å². The fourth-order valence-corrected chi connectivity index (χ4v) is 3.67. The Balaban J connectivity index is 1.79. The average Bonchev–Trinajstić information content (AvgIpc) is 2.14. The number of carbonyl (C=O) groups is 1.